The van der Waals surface area contributed by atoms with Crippen molar-refractivity contribution in [2.24, 2.45) is 11.8 Å². The maximum Gasteiger partial charge on any atom is 0.471 e. The van der Waals surface area contributed by atoms with Gasteiger partial charge in [0.15, 0.2) is 0 Å². The van der Waals surface area contributed by atoms with Crippen molar-refractivity contribution in [2.45, 2.75) is 74.7 Å². The fourth-order valence-electron chi connectivity index (χ4n) is 5.70. The monoisotopic (exact) mass is 531 g/mol. The van der Waals surface area contributed by atoms with Gasteiger partial charge in [-0.25, -0.2) is 4.90 Å². The average molecular weight is 532 g/mol. The number of hydrogen-bond acceptors (Lipinski definition) is 6. The summed E-state index contributed by atoms with van der Waals surface area (Å²) < 4.78 is 38.8. The van der Waals surface area contributed by atoms with Gasteiger partial charge >= 0.3 is 12.1 Å². The van der Waals surface area contributed by atoms with Crippen LogP contribution in [-0.4, -0.2) is 54.5 Å². The fourth-order valence-corrected chi connectivity index (χ4v) is 5.70. The number of imide groups is 1. The number of carbonyl (C=O) groups is 4. The molecule has 1 spiro atoms. The van der Waals surface area contributed by atoms with Crippen LogP contribution in [0, 0.1) is 23.2 Å². The van der Waals surface area contributed by atoms with Gasteiger partial charge < -0.3 is 16.0 Å². The van der Waals surface area contributed by atoms with Crippen molar-refractivity contribution in [1.82, 2.24) is 16.0 Å². The van der Waals surface area contributed by atoms with E-state index in [2.05, 4.69) is 16.7 Å². The number of fused-ring (bicyclic) bond motifs is 2. The van der Waals surface area contributed by atoms with Gasteiger partial charge in [0.1, 0.15) is 12.1 Å². The normalized spacial score (nSPS) is 26.3. The van der Waals surface area contributed by atoms with Crippen molar-refractivity contribution >= 4 is 29.3 Å². The molecule has 5 rings (SSSR count). The molecular formula is C26H28F3N5O4. The Bertz CT molecular complexity index is 1210. The number of nitrogens with one attached hydrogen (secondary N) is 3. The van der Waals surface area contributed by atoms with Crippen molar-refractivity contribution in [3.8, 4) is 6.07 Å². The molecule has 3 N–H and O–H groups in total. The molecule has 2 heterocycles. The van der Waals surface area contributed by atoms with Crippen LogP contribution in [0.3, 0.4) is 0 Å². The minimum absolute atomic E-state index is 0.134. The number of rotatable bonds is 7. The Kier molecular flexibility index (Phi) is 6.67. The van der Waals surface area contributed by atoms with Gasteiger partial charge in [0.05, 0.1) is 23.2 Å². The standard InChI is InChI=1S/C26H28F3N5O4/c27-26(28,29)23(37)33-20(15-4-3-5-15)21(35)32-18(10-14-8-9-14)22(36)34-19-7-2-1-6-17(19)25(24(34)38)11-16(12-30)31-13-25/h1-2,6-7,14-16,18,20,31H,3-5,8-11,13H2,(H,32,35)(H,33,37)/t16-,18-,20-,25-/m0/s1. The largest absolute Gasteiger partial charge is 0.471 e. The molecule has 0 radical (unpaired) electrons. The number of alkyl halides is 3. The van der Waals surface area contributed by atoms with Crippen molar-refractivity contribution in [2.75, 3.05) is 11.4 Å². The average Bonchev–Trinajstić information content (AvgIpc) is 3.50. The van der Waals surface area contributed by atoms with Crippen molar-refractivity contribution in [1.29, 1.82) is 5.26 Å². The van der Waals surface area contributed by atoms with E-state index in [-0.39, 0.29) is 25.3 Å². The van der Waals surface area contributed by atoms with Crippen LogP contribution in [0.1, 0.15) is 50.5 Å². The van der Waals surface area contributed by atoms with Crippen LogP contribution in [0.5, 0.6) is 0 Å². The lowest BCUT2D eigenvalue weighted by Gasteiger charge is -2.34. The molecule has 4 aliphatic rings. The number of hydrogen-bond donors (Lipinski definition) is 3. The number of anilines is 1. The van der Waals surface area contributed by atoms with Crippen LogP contribution in [-0.2, 0) is 24.6 Å². The Morgan fingerprint density at radius 2 is 1.87 bits per heavy atom. The first-order valence-electron chi connectivity index (χ1n) is 12.8. The molecule has 4 atom stereocenters. The van der Waals surface area contributed by atoms with Gasteiger partial charge in [-0.15, -0.1) is 0 Å². The number of halogens is 3. The second-order valence-corrected chi connectivity index (χ2v) is 10.7. The third-order valence-electron chi connectivity index (χ3n) is 8.18. The van der Waals surface area contributed by atoms with Crippen LogP contribution >= 0.6 is 0 Å². The number of nitrogens with zero attached hydrogens (tertiary/aromatic N) is 2. The molecule has 3 fully saturated rings. The molecule has 0 aromatic heterocycles. The van der Waals surface area contributed by atoms with E-state index in [0.29, 0.717) is 24.1 Å². The summed E-state index contributed by atoms with van der Waals surface area (Å²) in [5.74, 6) is -4.58. The minimum atomic E-state index is -5.15. The molecule has 12 heteroatoms. The van der Waals surface area contributed by atoms with Crippen molar-refractivity contribution in [3.05, 3.63) is 29.8 Å². The molecule has 202 valence electrons. The summed E-state index contributed by atoms with van der Waals surface area (Å²) in [6.45, 7) is 0.178. The number of benzene rings is 1. The Labute approximate surface area is 217 Å². The van der Waals surface area contributed by atoms with E-state index in [0.717, 1.165) is 24.2 Å². The summed E-state index contributed by atoms with van der Waals surface area (Å²) in [6.07, 6.45) is -1.39. The zero-order chi connectivity index (χ0) is 27.2. The van der Waals surface area contributed by atoms with E-state index in [1.165, 1.54) is 0 Å². The Morgan fingerprint density at radius 3 is 2.45 bits per heavy atom. The highest BCUT2D eigenvalue weighted by atomic mass is 19.4. The molecule has 9 nitrogen and oxygen atoms in total. The second-order valence-electron chi connectivity index (χ2n) is 10.7. The molecule has 4 amide bonds. The van der Waals surface area contributed by atoms with Crippen LogP contribution < -0.4 is 20.9 Å². The topological polar surface area (TPSA) is 131 Å². The third-order valence-corrected chi connectivity index (χ3v) is 8.18. The summed E-state index contributed by atoms with van der Waals surface area (Å²) in [5, 5.41) is 16.8. The van der Waals surface area contributed by atoms with Crippen LogP contribution in [0.25, 0.3) is 0 Å². The van der Waals surface area contributed by atoms with Gasteiger partial charge in [0, 0.05) is 6.54 Å². The maximum atomic E-state index is 13.9. The Morgan fingerprint density at radius 1 is 1.16 bits per heavy atom. The first-order valence-corrected chi connectivity index (χ1v) is 12.8. The lowest BCUT2D eigenvalue weighted by Crippen LogP contribution is -2.59. The molecule has 2 aliphatic heterocycles. The summed E-state index contributed by atoms with van der Waals surface area (Å²) in [7, 11) is 0. The number of amides is 4. The predicted octanol–water partition coefficient (Wildman–Crippen LogP) is 1.82. The minimum Gasteiger partial charge on any atom is -0.342 e. The predicted molar refractivity (Wildman–Crippen MR) is 127 cm³/mol. The van der Waals surface area contributed by atoms with Crippen molar-refractivity contribution in [3.63, 3.8) is 0 Å². The SMILES string of the molecule is N#C[C@@H]1C[C@@]2(CN1)C(=O)N(C(=O)[C@H](CC1CC1)NC(=O)[C@@H](NC(=O)C(F)(F)F)C1CCC1)c1ccccc12. The molecule has 0 unspecified atom stereocenters. The summed E-state index contributed by atoms with van der Waals surface area (Å²) in [5.41, 5.74) is -0.112. The third kappa shape index (κ3) is 4.64. The van der Waals surface area contributed by atoms with Gasteiger partial charge in [-0.3, -0.25) is 19.2 Å². The van der Waals surface area contributed by atoms with E-state index < -0.39 is 59.3 Å². The zero-order valence-corrected chi connectivity index (χ0v) is 20.5. The molecule has 0 bridgehead atoms. The highest BCUT2D eigenvalue weighted by Gasteiger charge is 2.57. The molecule has 2 saturated carbocycles. The number of para-hydroxylation sites is 1. The van der Waals surface area contributed by atoms with Gasteiger partial charge in [0.2, 0.25) is 11.8 Å². The van der Waals surface area contributed by atoms with E-state index in [1.54, 1.807) is 24.3 Å². The molecule has 1 saturated heterocycles. The molecule has 1 aromatic rings. The zero-order valence-electron chi connectivity index (χ0n) is 20.5. The van der Waals surface area contributed by atoms with Gasteiger partial charge in [-0.1, -0.05) is 37.5 Å². The van der Waals surface area contributed by atoms with Gasteiger partial charge in [0.25, 0.3) is 5.91 Å². The van der Waals surface area contributed by atoms with Crippen LogP contribution in [0.15, 0.2) is 24.3 Å². The first-order chi connectivity index (χ1) is 18.0. The number of nitriles is 1. The van der Waals surface area contributed by atoms with Crippen LogP contribution in [0.4, 0.5) is 18.9 Å². The molecule has 2 aliphatic carbocycles. The smallest absolute Gasteiger partial charge is 0.342 e. The lowest BCUT2D eigenvalue weighted by molar-refractivity contribution is -0.175. The van der Waals surface area contributed by atoms with E-state index >= 15 is 0 Å². The highest BCUT2D eigenvalue weighted by Crippen LogP contribution is 2.47. The molecule has 1 aromatic carbocycles. The van der Waals surface area contributed by atoms with Crippen LogP contribution in [0.2, 0.25) is 0 Å². The lowest BCUT2D eigenvalue weighted by atomic mass is 9.79. The quantitative estimate of drug-likeness (QED) is 0.492. The maximum absolute atomic E-state index is 13.9. The molecular weight excluding hydrogens is 503 g/mol. The number of carbonyl (C=O) groups excluding carboxylic acids is 4. The van der Waals surface area contributed by atoms with E-state index in [9.17, 15) is 37.6 Å². The molecule has 38 heavy (non-hydrogen) atoms. The van der Waals surface area contributed by atoms with Crippen molar-refractivity contribution < 1.29 is 32.3 Å². The van der Waals surface area contributed by atoms with Gasteiger partial charge in [-0.2, -0.15) is 18.4 Å². The van der Waals surface area contributed by atoms with E-state index in [4.69, 9.17) is 0 Å². The second kappa shape index (κ2) is 9.69. The summed E-state index contributed by atoms with van der Waals surface area (Å²) >= 11 is 0. The van der Waals surface area contributed by atoms with E-state index in [1.807, 2.05) is 5.32 Å². The van der Waals surface area contributed by atoms with Gasteiger partial charge in [-0.05, 0) is 49.1 Å². The highest BCUT2D eigenvalue weighted by molar-refractivity contribution is 6.24. The first kappa shape index (κ1) is 26.2. The fraction of sp³-hybridized carbons (Fsp3) is 0.577. The summed E-state index contributed by atoms with van der Waals surface area (Å²) in [4.78, 5) is 53.6. The summed E-state index contributed by atoms with van der Waals surface area (Å²) in [6, 6.07) is 5.77. The Hall–Kier alpha value is -3.46. The Balaban J connectivity index is 1.41.